The number of guanidine groups is 1. The summed E-state index contributed by atoms with van der Waals surface area (Å²) in [5.74, 6) is 2.84. The van der Waals surface area contributed by atoms with E-state index in [1.54, 1.807) is 17.6 Å². The average molecular weight is 401 g/mol. The van der Waals surface area contributed by atoms with Crippen LogP contribution in [0.4, 0.5) is 0 Å². The molecular formula is C22H32N4OS. The van der Waals surface area contributed by atoms with Gasteiger partial charge in [0.05, 0.1) is 12.8 Å². The molecule has 4 heterocycles. The zero-order chi connectivity index (χ0) is 19.0. The van der Waals surface area contributed by atoms with Gasteiger partial charge < -0.3 is 19.5 Å². The molecule has 1 N–H and O–H groups in total. The Morgan fingerprint density at radius 2 is 2.11 bits per heavy atom. The zero-order valence-corrected chi connectivity index (χ0v) is 17.5. The van der Waals surface area contributed by atoms with Gasteiger partial charge >= 0.3 is 0 Å². The molecule has 0 aliphatic carbocycles. The Labute approximate surface area is 172 Å². The molecule has 2 aromatic heterocycles. The number of furan rings is 1. The summed E-state index contributed by atoms with van der Waals surface area (Å²) >= 11 is 1.78. The van der Waals surface area contributed by atoms with Crippen LogP contribution in [-0.2, 0) is 13.0 Å². The van der Waals surface area contributed by atoms with E-state index >= 15 is 0 Å². The van der Waals surface area contributed by atoms with E-state index in [0.717, 1.165) is 50.2 Å². The number of hydrogen-bond acceptors (Lipinski definition) is 4. The molecule has 1 atom stereocenters. The number of nitrogens with zero attached hydrogens (tertiary/aromatic N) is 3. The minimum atomic E-state index is 0.758. The smallest absolute Gasteiger partial charge is 0.194 e. The van der Waals surface area contributed by atoms with E-state index in [4.69, 9.17) is 9.41 Å². The van der Waals surface area contributed by atoms with Gasteiger partial charge in [0, 0.05) is 37.5 Å². The second kappa shape index (κ2) is 10.1. The minimum Gasteiger partial charge on any atom is -0.469 e. The van der Waals surface area contributed by atoms with E-state index in [1.165, 1.54) is 50.2 Å². The molecule has 0 amide bonds. The zero-order valence-electron chi connectivity index (χ0n) is 16.7. The minimum absolute atomic E-state index is 0.758. The molecule has 2 aliphatic rings. The average Bonchev–Trinajstić information content (AvgIpc) is 3.48. The highest BCUT2D eigenvalue weighted by Crippen LogP contribution is 2.20. The monoisotopic (exact) mass is 400 g/mol. The molecule has 28 heavy (non-hydrogen) atoms. The van der Waals surface area contributed by atoms with Crippen molar-refractivity contribution in [1.82, 2.24) is 15.1 Å². The molecular weight excluding hydrogens is 368 g/mol. The van der Waals surface area contributed by atoms with Crippen LogP contribution in [0.1, 0.15) is 36.3 Å². The van der Waals surface area contributed by atoms with Crippen LogP contribution in [-0.4, -0.2) is 55.0 Å². The van der Waals surface area contributed by atoms with E-state index in [1.807, 2.05) is 12.1 Å². The van der Waals surface area contributed by atoms with Gasteiger partial charge in [0.1, 0.15) is 5.76 Å². The number of nitrogens with one attached hydrogen (secondary N) is 1. The van der Waals surface area contributed by atoms with Crippen molar-refractivity contribution in [3.63, 3.8) is 0 Å². The highest BCUT2D eigenvalue weighted by atomic mass is 32.1. The van der Waals surface area contributed by atoms with Crippen molar-refractivity contribution in [3.05, 3.63) is 46.5 Å². The first-order chi connectivity index (χ1) is 13.9. The van der Waals surface area contributed by atoms with Gasteiger partial charge in [-0.3, -0.25) is 0 Å². The Hall–Kier alpha value is -1.79. The topological polar surface area (TPSA) is 44.0 Å². The Kier molecular flexibility index (Phi) is 7.06. The predicted octanol–water partition coefficient (Wildman–Crippen LogP) is 3.84. The van der Waals surface area contributed by atoms with Gasteiger partial charge in [-0.15, -0.1) is 11.3 Å². The summed E-state index contributed by atoms with van der Waals surface area (Å²) in [4.78, 5) is 11.4. The fraction of sp³-hybridized carbons (Fsp3) is 0.591. The molecule has 152 valence electrons. The number of rotatable bonds is 7. The lowest BCUT2D eigenvalue weighted by Crippen LogP contribution is -2.42. The highest BCUT2D eigenvalue weighted by molar-refractivity contribution is 7.09. The summed E-state index contributed by atoms with van der Waals surface area (Å²) in [6, 6.07) is 8.25. The number of likely N-dealkylation sites (tertiary alicyclic amines) is 2. The summed E-state index contributed by atoms with van der Waals surface area (Å²) in [5.41, 5.74) is 0. The Balaban J connectivity index is 1.32. The molecule has 6 heteroatoms. The number of aliphatic imine (C=N–C) groups is 1. The molecule has 0 spiro atoms. The molecule has 0 aromatic carbocycles. The van der Waals surface area contributed by atoms with E-state index < -0.39 is 0 Å². The number of hydrogen-bond donors (Lipinski definition) is 1. The van der Waals surface area contributed by atoms with Gasteiger partial charge in [0.25, 0.3) is 0 Å². The Morgan fingerprint density at radius 1 is 1.18 bits per heavy atom. The molecule has 1 unspecified atom stereocenters. The maximum absolute atomic E-state index is 5.46. The third-order valence-corrected chi connectivity index (χ3v) is 6.61. The quantitative estimate of drug-likeness (QED) is 0.567. The van der Waals surface area contributed by atoms with Crippen LogP contribution in [0.25, 0.3) is 0 Å². The van der Waals surface area contributed by atoms with Gasteiger partial charge in [0.2, 0.25) is 0 Å². The second-order valence-corrected chi connectivity index (χ2v) is 8.97. The van der Waals surface area contributed by atoms with Crippen molar-refractivity contribution < 1.29 is 4.42 Å². The second-order valence-electron chi connectivity index (χ2n) is 7.94. The lowest BCUT2D eigenvalue weighted by Gasteiger charge is -2.29. The van der Waals surface area contributed by atoms with Crippen molar-refractivity contribution in [2.24, 2.45) is 10.9 Å². The summed E-state index contributed by atoms with van der Waals surface area (Å²) in [5, 5.41) is 5.72. The first-order valence-electron chi connectivity index (χ1n) is 10.7. The number of thiophene rings is 1. The molecule has 0 radical (unpaired) electrons. The van der Waals surface area contributed by atoms with E-state index in [9.17, 15) is 0 Å². The SMILES string of the molecule is c1coc(CCNC(=NCc2cccs2)N2CCC(CN3CCCCC3)C2)c1. The van der Waals surface area contributed by atoms with Crippen LogP contribution >= 0.6 is 11.3 Å². The van der Waals surface area contributed by atoms with Gasteiger partial charge in [-0.2, -0.15) is 0 Å². The predicted molar refractivity (Wildman–Crippen MR) is 116 cm³/mol. The van der Waals surface area contributed by atoms with E-state index in [-0.39, 0.29) is 0 Å². The van der Waals surface area contributed by atoms with Gasteiger partial charge in [-0.1, -0.05) is 12.5 Å². The summed E-state index contributed by atoms with van der Waals surface area (Å²) < 4.78 is 5.46. The summed E-state index contributed by atoms with van der Waals surface area (Å²) in [6.45, 7) is 7.66. The Morgan fingerprint density at radius 3 is 2.89 bits per heavy atom. The molecule has 0 bridgehead atoms. The van der Waals surface area contributed by atoms with Crippen LogP contribution in [0.3, 0.4) is 0 Å². The van der Waals surface area contributed by atoms with Gasteiger partial charge in [-0.25, -0.2) is 4.99 Å². The molecule has 2 aliphatic heterocycles. The standard InChI is InChI=1S/C22H32N4OS/c1-2-11-25(12-3-1)17-19-9-13-26(18-19)22(24-16-21-7-5-15-28-21)23-10-8-20-6-4-14-27-20/h4-7,14-15,19H,1-3,8-13,16-18H2,(H,23,24). The lowest BCUT2D eigenvalue weighted by molar-refractivity contribution is 0.198. The third kappa shape index (κ3) is 5.61. The fourth-order valence-electron chi connectivity index (χ4n) is 4.26. The molecule has 2 saturated heterocycles. The maximum Gasteiger partial charge on any atom is 0.194 e. The fourth-order valence-corrected chi connectivity index (χ4v) is 4.88. The van der Waals surface area contributed by atoms with E-state index in [2.05, 4.69) is 32.6 Å². The third-order valence-electron chi connectivity index (χ3n) is 5.75. The first kappa shape index (κ1) is 19.5. The van der Waals surface area contributed by atoms with Crippen molar-refractivity contribution in [3.8, 4) is 0 Å². The summed E-state index contributed by atoms with van der Waals surface area (Å²) in [6.07, 6.45) is 8.06. The number of piperidine rings is 1. The molecule has 2 fully saturated rings. The van der Waals surface area contributed by atoms with Crippen molar-refractivity contribution in [1.29, 1.82) is 0 Å². The molecule has 5 nitrogen and oxygen atoms in total. The largest absolute Gasteiger partial charge is 0.469 e. The van der Waals surface area contributed by atoms with Gasteiger partial charge in [-0.05, 0) is 61.8 Å². The Bertz CT molecular complexity index is 707. The van der Waals surface area contributed by atoms with Crippen molar-refractivity contribution >= 4 is 17.3 Å². The first-order valence-corrected chi connectivity index (χ1v) is 11.5. The van der Waals surface area contributed by atoms with E-state index in [0.29, 0.717) is 0 Å². The van der Waals surface area contributed by atoms with Gasteiger partial charge in [0.15, 0.2) is 5.96 Å². The van der Waals surface area contributed by atoms with Crippen LogP contribution < -0.4 is 5.32 Å². The van der Waals surface area contributed by atoms with Crippen LogP contribution in [0.5, 0.6) is 0 Å². The molecule has 2 aromatic rings. The van der Waals surface area contributed by atoms with Crippen LogP contribution in [0, 0.1) is 5.92 Å². The maximum atomic E-state index is 5.46. The van der Waals surface area contributed by atoms with Crippen molar-refractivity contribution in [2.45, 2.75) is 38.6 Å². The summed E-state index contributed by atoms with van der Waals surface area (Å²) in [7, 11) is 0. The molecule has 0 saturated carbocycles. The van der Waals surface area contributed by atoms with Crippen molar-refractivity contribution in [2.75, 3.05) is 39.3 Å². The molecule has 4 rings (SSSR count). The normalized spacial score (nSPS) is 21.4. The van der Waals surface area contributed by atoms with Crippen LogP contribution in [0.2, 0.25) is 0 Å². The highest BCUT2D eigenvalue weighted by Gasteiger charge is 2.27. The lowest BCUT2D eigenvalue weighted by atomic mass is 10.1. The van der Waals surface area contributed by atoms with Crippen LogP contribution in [0.15, 0.2) is 45.3 Å².